The maximum atomic E-state index is 6.80. The molecular weight excluding hydrogens is 579 g/mol. The first-order valence-corrected chi connectivity index (χ1v) is 16.7. The second-order valence-corrected chi connectivity index (χ2v) is 14.0. The molecule has 9 aromatic rings. The molecule has 1 aliphatic rings. The second kappa shape index (κ2) is 9.32. The van der Waals surface area contributed by atoms with Crippen LogP contribution in [-0.4, -0.2) is 0 Å². The summed E-state index contributed by atoms with van der Waals surface area (Å²) in [7, 11) is 0. The molecule has 0 N–H and O–H groups in total. The lowest BCUT2D eigenvalue weighted by Gasteiger charge is -2.28. The number of para-hydroxylation sites is 1. The number of hydrogen-bond donors (Lipinski definition) is 0. The minimum Gasteiger partial charge on any atom is -0.455 e. The lowest BCUT2D eigenvalue weighted by molar-refractivity contribution is 0.660. The van der Waals surface area contributed by atoms with E-state index in [-0.39, 0.29) is 5.41 Å². The van der Waals surface area contributed by atoms with Crippen molar-refractivity contribution in [1.29, 1.82) is 0 Å². The van der Waals surface area contributed by atoms with E-state index in [4.69, 9.17) is 4.42 Å². The van der Waals surface area contributed by atoms with E-state index in [1.54, 1.807) is 0 Å². The van der Waals surface area contributed by atoms with Crippen LogP contribution in [-0.2, 0) is 5.41 Å². The fourth-order valence-corrected chi connectivity index (χ4v) is 8.95. The maximum Gasteiger partial charge on any atom is 0.144 e. The molecule has 2 nitrogen and oxygen atoms in total. The van der Waals surface area contributed by atoms with Crippen molar-refractivity contribution in [2.75, 3.05) is 4.90 Å². The fourth-order valence-electron chi connectivity index (χ4n) is 7.83. The number of fused-ring (bicyclic) bond motifs is 11. The zero-order valence-electron chi connectivity index (χ0n) is 25.5. The number of nitrogens with zero attached hydrogens (tertiary/aromatic N) is 1. The number of furan rings is 1. The zero-order chi connectivity index (χ0) is 30.6. The summed E-state index contributed by atoms with van der Waals surface area (Å²) in [6.07, 6.45) is 0. The molecule has 7 aromatic carbocycles. The van der Waals surface area contributed by atoms with Gasteiger partial charge in [-0.1, -0.05) is 92.7 Å². The fraction of sp³-hybridized carbons (Fsp3) is 0.0698. The van der Waals surface area contributed by atoms with Crippen LogP contribution in [0.1, 0.15) is 25.0 Å². The van der Waals surface area contributed by atoms with Crippen molar-refractivity contribution in [2.24, 2.45) is 0 Å². The molecule has 10 rings (SSSR count). The quantitative estimate of drug-likeness (QED) is 0.199. The van der Waals surface area contributed by atoms with Gasteiger partial charge in [0.05, 0.1) is 5.69 Å². The molecule has 2 aromatic heterocycles. The molecular formula is C43H29NOS. The number of benzene rings is 7. The topological polar surface area (TPSA) is 16.4 Å². The average molecular weight is 608 g/mol. The molecule has 0 bridgehead atoms. The predicted octanol–water partition coefficient (Wildman–Crippen LogP) is 12.9. The molecule has 0 spiro atoms. The van der Waals surface area contributed by atoms with E-state index in [1.165, 1.54) is 53.2 Å². The third-order valence-corrected chi connectivity index (χ3v) is 11.1. The van der Waals surface area contributed by atoms with Crippen LogP contribution in [0, 0.1) is 0 Å². The first-order chi connectivity index (χ1) is 22.6. The Balaban J connectivity index is 1.27. The van der Waals surface area contributed by atoms with E-state index in [2.05, 4.69) is 158 Å². The molecule has 0 aliphatic heterocycles. The van der Waals surface area contributed by atoms with Gasteiger partial charge in [-0.25, -0.2) is 0 Å². The van der Waals surface area contributed by atoms with Crippen LogP contribution in [0.5, 0.6) is 0 Å². The summed E-state index contributed by atoms with van der Waals surface area (Å²) in [5.41, 5.74) is 10.7. The van der Waals surface area contributed by atoms with Crippen LogP contribution in [0.25, 0.3) is 64.0 Å². The Labute approximate surface area is 270 Å². The van der Waals surface area contributed by atoms with Crippen LogP contribution in [0.3, 0.4) is 0 Å². The van der Waals surface area contributed by atoms with Gasteiger partial charge in [0.25, 0.3) is 0 Å². The Bertz CT molecular complexity index is 2680. The Morgan fingerprint density at radius 1 is 0.543 bits per heavy atom. The molecule has 0 amide bonds. The molecule has 0 radical (unpaired) electrons. The highest BCUT2D eigenvalue weighted by molar-refractivity contribution is 7.26. The van der Waals surface area contributed by atoms with E-state index in [0.29, 0.717) is 0 Å². The monoisotopic (exact) mass is 607 g/mol. The standard InChI is InChI=1S/C43H29NOS/c1-43(2)34-16-9-8-15-30(34)31-20-19-29(25-35(31)43)44(28-13-4-3-5-14-28)36-17-10-18-38-40(36)41-39(46-38)22-21-32-33-23-26-11-6-7-12-27(26)24-37(33)45-42(32)41/h3-25H,1-2H3. The molecule has 2 heterocycles. The molecule has 0 atom stereocenters. The Kier molecular flexibility index (Phi) is 5.25. The molecule has 0 fully saturated rings. The normalized spacial score (nSPS) is 13.6. The van der Waals surface area contributed by atoms with Gasteiger partial charge in [0, 0.05) is 47.7 Å². The van der Waals surface area contributed by atoms with Gasteiger partial charge < -0.3 is 9.32 Å². The van der Waals surface area contributed by atoms with Crippen molar-refractivity contribution in [3.05, 3.63) is 151 Å². The van der Waals surface area contributed by atoms with Crippen molar-refractivity contribution in [2.45, 2.75) is 19.3 Å². The summed E-state index contributed by atoms with van der Waals surface area (Å²) < 4.78 is 9.28. The van der Waals surface area contributed by atoms with Crippen LogP contribution in [0.4, 0.5) is 17.1 Å². The highest BCUT2D eigenvalue weighted by atomic mass is 32.1. The summed E-state index contributed by atoms with van der Waals surface area (Å²) in [6, 6.07) is 50.9. The van der Waals surface area contributed by atoms with Crippen molar-refractivity contribution in [3.63, 3.8) is 0 Å². The van der Waals surface area contributed by atoms with Crippen molar-refractivity contribution < 1.29 is 4.42 Å². The molecule has 46 heavy (non-hydrogen) atoms. The molecule has 0 saturated heterocycles. The highest BCUT2D eigenvalue weighted by Crippen LogP contribution is 2.52. The Morgan fingerprint density at radius 3 is 2.15 bits per heavy atom. The Hall–Kier alpha value is -5.38. The SMILES string of the molecule is CC1(C)c2ccccc2-c2ccc(N(c3ccccc3)c3cccc4sc5ccc6c7cc8ccccc8cc7oc6c5c34)cc21. The summed E-state index contributed by atoms with van der Waals surface area (Å²) in [5.74, 6) is 0. The summed E-state index contributed by atoms with van der Waals surface area (Å²) >= 11 is 1.84. The molecule has 218 valence electrons. The maximum absolute atomic E-state index is 6.80. The van der Waals surface area contributed by atoms with Gasteiger partial charge >= 0.3 is 0 Å². The van der Waals surface area contributed by atoms with E-state index in [9.17, 15) is 0 Å². The number of rotatable bonds is 3. The number of thiophene rings is 1. The molecule has 1 aliphatic carbocycles. The largest absolute Gasteiger partial charge is 0.455 e. The van der Waals surface area contributed by atoms with Gasteiger partial charge in [-0.05, 0) is 93.7 Å². The lowest BCUT2D eigenvalue weighted by atomic mass is 9.82. The van der Waals surface area contributed by atoms with Crippen LogP contribution < -0.4 is 4.90 Å². The van der Waals surface area contributed by atoms with E-state index in [1.807, 2.05) is 11.3 Å². The van der Waals surface area contributed by atoms with Gasteiger partial charge in [0.2, 0.25) is 0 Å². The minimum atomic E-state index is -0.0879. The van der Waals surface area contributed by atoms with E-state index in [0.717, 1.165) is 39.0 Å². The number of hydrogen-bond acceptors (Lipinski definition) is 3. The Morgan fingerprint density at radius 2 is 1.28 bits per heavy atom. The van der Waals surface area contributed by atoms with Gasteiger partial charge in [0.1, 0.15) is 11.2 Å². The van der Waals surface area contributed by atoms with Gasteiger partial charge in [-0.3, -0.25) is 0 Å². The van der Waals surface area contributed by atoms with Crippen LogP contribution in [0.2, 0.25) is 0 Å². The van der Waals surface area contributed by atoms with Crippen LogP contribution >= 0.6 is 11.3 Å². The van der Waals surface area contributed by atoms with Crippen molar-refractivity contribution in [3.8, 4) is 11.1 Å². The second-order valence-electron chi connectivity index (χ2n) is 12.9. The lowest BCUT2D eigenvalue weighted by Crippen LogP contribution is -2.16. The van der Waals surface area contributed by atoms with Gasteiger partial charge in [0.15, 0.2) is 0 Å². The first kappa shape index (κ1) is 25.9. The first-order valence-electron chi connectivity index (χ1n) is 15.9. The van der Waals surface area contributed by atoms with Gasteiger partial charge in [-0.15, -0.1) is 11.3 Å². The zero-order valence-corrected chi connectivity index (χ0v) is 26.4. The van der Waals surface area contributed by atoms with Crippen molar-refractivity contribution >= 4 is 81.3 Å². The third-order valence-electron chi connectivity index (χ3n) is 10.0. The van der Waals surface area contributed by atoms with Crippen molar-refractivity contribution in [1.82, 2.24) is 0 Å². The molecule has 3 heteroatoms. The number of anilines is 3. The minimum absolute atomic E-state index is 0.0879. The van der Waals surface area contributed by atoms with E-state index < -0.39 is 0 Å². The smallest absolute Gasteiger partial charge is 0.144 e. The predicted molar refractivity (Wildman–Crippen MR) is 196 cm³/mol. The van der Waals surface area contributed by atoms with Crippen LogP contribution in [0.15, 0.2) is 144 Å². The molecule has 0 saturated carbocycles. The highest BCUT2D eigenvalue weighted by Gasteiger charge is 2.36. The van der Waals surface area contributed by atoms with E-state index >= 15 is 0 Å². The molecule has 0 unspecified atom stereocenters. The summed E-state index contributed by atoms with van der Waals surface area (Å²) in [5, 5.41) is 7.15. The van der Waals surface area contributed by atoms with Gasteiger partial charge in [-0.2, -0.15) is 0 Å². The third kappa shape index (κ3) is 3.52. The average Bonchev–Trinajstić information content (AvgIpc) is 3.72. The summed E-state index contributed by atoms with van der Waals surface area (Å²) in [6.45, 7) is 4.70. The summed E-state index contributed by atoms with van der Waals surface area (Å²) in [4.78, 5) is 2.43.